The zero-order valence-corrected chi connectivity index (χ0v) is 12.2. The van der Waals surface area contributed by atoms with E-state index in [2.05, 4.69) is 0 Å². The van der Waals surface area contributed by atoms with Gasteiger partial charge in [-0.1, -0.05) is 12.1 Å². The quantitative estimate of drug-likeness (QED) is 0.711. The number of rotatable bonds is 2. The third-order valence-corrected chi connectivity index (χ3v) is 3.50. The molecule has 0 fully saturated rings. The molecule has 1 heterocycles. The smallest absolute Gasteiger partial charge is 0.201 e. The molecule has 0 amide bonds. The topological polar surface area (TPSA) is 73.9 Å². The fourth-order valence-electron chi connectivity index (χ4n) is 2.27. The molecule has 22 heavy (non-hydrogen) atoms. The maximum atomic E-state index is 12.2. The van der Waals surface area contributed by atoms with Gasteiger partial charge in [-0.05, 0) is 24.3 Å². The Bertz CT molecular complexity index is 912. The van der Waals surface area contributed by atoms with Crippen LogP contribution in [0.1, 0.15) is 0 Å². The summed E-state index contributed by atoms with van der Waals surface area (Å²) < 4.78 is 5.65. The van der Waals surface area contributed by atoms with Gasteiger partial charge in [-0.3, -0.25) is 4.79 Å². The number of hydrogen-bond donors (Lipinski definition) is 2. The molecular weight excluding hydrogens is 282 g/mol. The molecule has 0 aliphatic carbocycles. The van der Waals surface area contributed by atoms with Gasteiger partial charge in [-0.25, -0.2) is 0 Å². The summed E-state index contributed by atoms with van der Waals surface area (Å²) >= 11 is 0. The van der Waals surface area contributed by atoms with Crippen LogP contribution in [0.25, 0.3) is 22.3 Å². The van der Waals surface area contributed by atoms with E-state index in [-0.39, 0.29) is 22.1 Å². The summed E-state index contributed by atoms with van der Waals surface area (Å²) in [6, 6.07) is 11.6. The van der Waals surface area contributed by atoms with Crippen LogP contribution in [0.15, 0.2) is 51.7 Å². The van der Waals surface area contributed by atoms with Crippen molar-refractivity contribution < 1.29 is 14.6 Å². The van der Waals surface area contributed by atoms with Gasteiger partial charge >= 0.3 is 0 Å². The van der Waals surface area contributed by atoms with E-state index >= 15 is 0 Å². The molecule has 0 spiro atoms. The lowest BCUT2D eigenvalue weighted by molar-refractivity contribution is 0.400. The Kier molecular flexibility index (Phi) is 3.25. The van der Waals surface area contributed by atoms with Gasteiger partial charge in [0.2, 0.25) is 5.75 Å². The number of phenolic OH excluding ortho intramolecular Hbond substituents is 2. The van der Waals surface area contributed by atoms with Crippen LogP contribution in [0.5, 0.6) is 11.5 Å². The normalized spacial score (nSPS) is 10.8. The third-order valence-electron chi connectivity index (χ3n) is 3.50. The molecule has 0 atom stereocenters. The molecule has 0 bridgehead atoms. The molecule has 0 saturated heterocycles. The lowest BCUT2D eigenvalue weighted by atomic mass is 10.1. The second kappa shape index (κ2) is 5.11. The predicted octanol–water partition coefficient (Wildman–Crippen LogP) is 2.94. The molecule has 2 aromatic carbocycles. The minimum Gasteiger partial charge on any atom is -0.504 e. The molecular formula is C17H15NO4. The summed E-state index contributed by atoms with van der Waals surface area (Å²) in [4.78, 5) is 14.1. The highest BCUT2D eigenvalue weighted by Gasteiger charge is 2.13. The van der Waals surface area contributed by atoms with Gasteiger partial charge in [0.1, 0.15) is 5.76 Å². The summed E-state index contributed by atoms with van der Waals surface area (Å²) in [7, 11) is 3.83. The highest BCUT2D eigenvalue weighted by Crippen LogP contribution is 2.34. The van der Waals surface area contributed by atoms with Crippen molar-refractivity contribution in [3.63, 3.8) is 0 Å². The van der Waals surface area contributed by atoms with Crippen LogP contribution in [0.2, 0.25) is 0 Å². The maximum absolute atomic E-state index is 12.2. The van der Waals surface area contributed by atoms with Gasteiger partial charge in [0.25, 0.3) is 0 Å². The zero-order chi connectivity index (χ0) is 15.9. The van der Waals surface area contributed by atoms with Crippen LogP contribution < -0.4 is 10.3 Å². The third kappa shape index (κ3) is 2.26. The largest absolute Gasteiger partial charge is 0.504 e. The molecule has 3 aromatic rings. The zero-order valence-electron chi connectivity index (χ0n) is 12.2. The van der Waals surface area contributed by atoms with Gasteiger partial charge in [0.15, 0.2) is 16.8 Å². The molecule has 3 rings (SSSR count). The first-order chi connectivity index (χ1) is 10.5. The van der Waals surface area contributed by atoms with Crippen LogP contribution >= 0.6 is 0 Å². The van der Waals surface area contributed by atoms with E-state index < -0.39 is 5.75 Å². The van der Waals surface area contributed by atoms with E-state index in [9.17, 15) is 15.0 Å². The SMILES string of the molecule is CN(C)c1cccc(-c2cc(=O)c3ccc(O)c(O)c3o2)c1. The number of anilines is 1. The summed E-state index contributed by atoms with van der Waals surface area (Å²) in [6.45, 7) is 0. The van der Waals surface area contributed by atoms with Crippen molar-refractivity contribution in [3.8, 4) is 22.8 Å². The first kappa shape index (κ1) is 14.0. The van der Waals surface area contributed by atoms with Crippen molar-refractivity contribution in [2.75, 3.05) is 19.0 Å². The van der Waals surface area contributed by atoms with Crippen LogP contribution in [0.3, 0.4) is 0 Å². The Balaban J connectivity index is 2.26. The first-order valence-corrected chi connectivity index (χ1v) is 6.74. The lowest BCUT2D eigenvalue weighted by Gasteiger charge is -2.13. The molecule has 0 aliphatic heterocycles. The second-order valence-electron chi connectivity index (χ2n) is 5.23. The number of benzene rings is 2. The van der Waals surface area contributed by atoms with Gasteiger partial charge < -0.3 is 19.5 Å². The van der Waals surface area contributed by atoms with Crippen LogP contribution in [0, 0.1) is 0 Å². The standard InChI is InChI=1S/C17H15NO4/c1-18(2)11-5-3-4-10(8-11)15-9-14(20)12-6-7-13(19)16(21)17(12)22-15/h3-9,19,21H,1-2H3. The number of aromatic hydroxyl groups is 2. The van der Waals surface area contributed by atoms with E-state index in [0.29, 0.717) is 11.3 Å². The molecule has 1 aromatic heterocycles. The highest BCUT2D eigenvalue weighted by atomic mass is 16.4. The van der Waals surface area contributed by atoms with Gasteiger partial charge in [-0.15, -0.1) is 0 Å². The van der Waals surface area contributed by atoms with Gasteiger partial charge in [-0.2, -0.15) is 0 Å². The first-order valence-electron chi connectivity index (χ1n) is 6.74. The predicted molar refractivity (Wildman–Crippen MR) is 85.6 cm³/mol. The van der Waals surface area contributed by atoms with Crippen molar-refractivity contribution in [3.05, 3.63) is 52.7 Å². The van der Waals surface area contributed by atoms with E-state index in [1.165, 1.54) is 18.2 Å². The minimum atomic E-state index is -0.430. The Labute approximate surface area is 126 Å². The number of phenols is 2. The molecule has 112 valence electrons. The summed E-state index contributed by atoms with van der Waals surface area (Å²) in [5.74, 6) is -0.419. The number of hydrogen-bond acceptors (Lipinski definition) is 5. The van der Waals surface area contributed by atoms with Crippen molar-refractivity contribution in [2.45, 2.75) is 0 Å². The van der Waals surface area contributed by atoms with Crippen molar-refractivity contribution in [2.24, 2.45) is 0 Å². The molecule has 0 saturated carbocycles. The highest BCUT2D eigenvalue weighted by molar-refractivity contribution is 5.86. The Morgan fingerprint density at radius 2 is 1.82 bits per heavy atom. The molecule has 5 heteroatoms. The molecule has 2 N–H and O–H groups in total. The average Bonchev–Trinajstić information content (AvgIpc) is 2.51. The molecule has 0 aliphatic rings. The second-order valence-corrected chi connectivity index (χ2v) is 5.23. The van der Waals surface area contributed by atoms with Gasteiger partial charge in [0.05, 0.1) is 5.39 Å². The number of fused-ring (bicyclic) bond motifs is 1. The lowest BCUT2D eigenvalue weighted by Crippen LogP contribution is -2.08. The average molecular weight is 297 g/mol. The van der Waals surface area contributed by atoms with Crippen LogP contribution in [-0.2, 0) is 0 Å². The number of nitrogens with zero attached hydrogens (tertiary/aromatic N) is 1. The van der Waals surface area contributed by atoms with E-state index in [0.717, 1.165) is 5.69 Å². The Morgan fingerprint density at radius 3 is 2.55 bits per heavy atom. The van der Waals surface area contributed by atoms with Crippen molar-refractivity contribution in [1.82, 2.24) is 0 Å². The van der Waals surface area contributed by atoms with E-state index in [1.54, 1.807) is 0 Å². The fourth-order valence-corrected chi connectivity index (χ4v) is 2.27. The van der Waals surface area contributed by atoms with Crippen LogP contribution in [-0.4, -0.2) is 24.3 Å². The molecule has 0 unspecified atom stereocenters. The maximum Gasteiger partial charge on any atom is 0.201 e. The van der Waals surface area contributed by atoms with Crippen LogP contribution in [0.4, 0.5) is 5.69 Å². The summed E-state index contributed by atoms with van der Waals surface area (Å²) in [5.41, 5.74) is 1.38. The van der Waals surface area contributed by atoms with E-state index in [1.807, 2.05) is 43.3 Å². The summed E-state index contributed by atoms with van der Waals surface area (Å²) in [6.07, 6.45) is 0. The minimum absolute atomic E-state index is 0.0160. The fraction of sp³-hybridized carbons (Fsp3) is 0.118. The van der Waals surface area contributed by atoms with E-state index in [4.69, 9.17) is 4.42 Å². The van der Waals surface area contributed by atoms with Gasteiger partial charge in [0, 0.05) is 31.4 Å². The monoisotopic (exact) mass is 297 g/mol. The Hall–Kier alpha value is -2.95. The molecule has 5 nitrogen and oxygen atoms in total. The summed E-state index contributed by atoms with van der Waals surface area (Å²) in [5, 5.41) is 19.7. The van der Waals surface area contributed by atoms with Crippen molar-refractivity contribution >= 4 is 16.7 Å². The van der Waals surface area contributed by atoms with Crippen molar-refractivity contribution in [1.29, 1.82) is 0 Å². The molecule has 0 radical (unpaired) electrons. The Morgan fingerprint density at radius 1 is 1.05 bits per heavy atom.